The maximum Gasteiger partial charge on any atom is 0.219 e. The molecular weight excluding hydrogens is 240 g/mol. The van der Waals surface area contributed by atoms with Crippen molar-refractivity contribution in [3.63, 3.8) is 0 Å². The Balaban J connectivity index is 1.98. The van der Waals surface area contributed by atoms with Gasteiger partial charge in [0.1, 0.15) is 0 Å². The minimum atomic E-state index is 0.156. The van der Waals surface area contributed by atoms with Gasteiger partial charge in [0.2, 0.25) is 5.91 Å². The minimum absolute atomic E-state index is 0.156. The quantitative estimate of drug-likeness (QED) is 0.782. The fourth-order valence-corrected chi connectivity index (χ4v) is 2.91. The Morgan fingerprint density at radius 1 is 1.47 bits per heavy atom. The molecule has 2 aromatic rings. The summed E-state index contributed by atoms with van der Waals surface area (Å²) in [5, 5.41) is 5.73. The predicted molar refractivity (Wildman–Crippen MR) is 72.7 cm³/mol. The number of carbonyl (C=O) groups excluding carboxylic acids is 1. The van der Waals surface area contributed by atoms with Crippen LogP contribution in [0.15, 0.2) is 18.3 Å². The summed E-state index contributed by atoms with van der Waals surface area (Å²) in [6.07, 6.45) is 3.92. The van der Waals surface area contributed by atoms with Gasteiger partial charge in [0.25, 0.3) is 0 Å². The lowest BCUT2D eigenvalue weighted by Gasteiger charge is -2.31. The summed E-state index contributed by atoms with van der Waals surface area (Å²) in [4.78, 5) is 17.8. The molecule has 0 saturated carbocycles. The number of pyridine rings is 1. The number of amides is 1. The number of carbonyl (C=O) groups is 1. The summed E-state index contributed by atoms with van der Waals surface area (Å²) in [5.41, 5.74) is 1.99. The number of aromatic nitrogens is 3. The molecular formula is C14H18N4O. The largest absolute Gasteiger partial charge is 0.342 e. The topological polar surface area (TPSA) is 51.0 Å². The average molecular weight is 258 g/mol. The predicted octanol–water partition coefficient (Wildman–Crippen LogP) is 1.69. The zero-order valence-electron chi connectivity index (χ0n) is 11.3. The number of rotatable bonds is 1. The van der Waals surface area contributed by atoms with Gasteiger partial charge in [-0.05, 0) is 25.0 Å². The van der Waals surface area contributed by atoms with Crippen molar-refractivity contribution in [3.8, 4) is 0 Å². The molecule has 1 aliphatic heterocycles. The Morgan fingerprint density at radius 2 is 2.32 bits per heavy atom. The van der Waals surface area contributed by atoms with E-state index in [4.69, 9.17) is 0 Å². The first-order chi connectivity index (χ1) is 9.16. The first-order valence-corrected chi connectivity index (χ1v) is 6.70. The summed E-state index contributed by atoms with van der Waals surface area (Å²) in [7, 11) is 1.92. The summed E-state index contributed by atoms with van der Waals surface area (Å²) < 4.78 is 1.83. The molecule has 1 unspecified atom stereocenters. The van der Waals surface area contributed by atoms with E-state index in [0.717, 1.165) is 42.7 Å². The van der Waals surface area contributed by atoms with Gasteiger partial charge >= 0.3 is 0 Å². The highest BCUT2D eigenvalue weighted by atomic mass is 16.2. The number of likely N-dealkylation sites (tertiary alicyclic amines) is 1. The third-order valence-corrected chi connectivity index (χ3v) is 3.88. The Kier molecular flexibility index (Phi) is 2.97. The van der Waals surface area contributed by atoms with Gasteiger partial charge in [0.15, 0.2) is 5.65 Å². The molecule has 2 aromatic heterocycles. The van der Waals surface area contributed by atoms with Gasteiger partial charge in [-0.15, -0.1) is 0 Å². The lowest BCUT2D eigenvalue weighted by atomic mass is 9.93. The summed E-state index contributed by atoms with van der Waals surface area (Å²) >= 11 is 0. The second-order valence-electron chi connectivity index (χ2n) is 5.19. The smallest absolute Gasteiger partial charge is 0.219 e. The number of fused-ring (bicyclic) bond motifs is 1. The molecule has 0 aliphatic carbocycles. The second kappa shape index (κ2) is 4.64. The fourth-order valence-electron chi connectivity index (χ4n) is 2.91. The Labute approximate surface area is 112 Å². The lowest BCUT2D eigenvalue weighted by molar-refractivity contribution is -0.130. The van der Waals surface area contributed by atoms with Crippen LogP contribution in [0.2, 0.25) is 0 Å². The molecule has 0 aromatic carbocycles. The van der Waals surface area contributed by atoms with Crippen molar-refractivity contribution in [3.05, 3.63) is 24.0 Å². The molecule has 0 N–H and O–H groups in total. The number of aryl methyl sites for hydroxylation is 1. The van der Waals surface area contributed by atoms with Crippen LogP contribution >= 0.6 is 0 Å². The van der Waals surface area contributed by atoms with Crippen LogP contribution in [-0.2, 0) is 11.8 Å². The molecule has 1 atom stereocenters. The molecule has 0 bridgehead atoms. The van der Waals surface area contributed by atoms with E-state index in [1.54, 1.807) is 13.1 Å². The zero-order chi connectivity index (χ0) is 13.4. The van der Waals surface area contributed by atoms with Crippen molar-refractivity contribution in [2.24, 2.45) is 7.05 Å². The van der Waals surface area contributed by atoms with E-state index in [2.05, 4.69) is 16.1 Å². The normalized spacial score (nSPS) is 19.9. The lowest BCUT2D eigenvalue weighted by Crippen LogP contribution is -2.37. The summed E-state index contributed by atoms with van der Waals surface area (Å²) in [6.45, 7) is 3.28. The molecule has 1 fully saturated rings. The third-order valence-electron chi connectivity index (χ3n) is 3.88. The highest BCUT2D eigenvalue weighted by Crippen LogP contribution is 2.30. The maximum atomic E-state index is 11.5. The average Bonchev–Trinajstić information content (AvgIpc) is 2.77. The van der Waals surface area contributed by atoms with Crippen molar-refractivity contribution in [1.29, 1.82) is 0 Å². The van der Waals surface area contributed by atoms with Crippen LogP contribution in [0.3, 0.4) is 0 Å². The van der Waals surface area contributed by atoms with Gasteiger partial charge in [0, 0.05) is 44.6 Å². The van der Waals surface area contributed by atoms with Gasteiger partial charge in [-0.25, -0.2) is 4.98 Å². The number of piperidine rings is 1. The van der Waals surface area contributed by atoms with Crippen LogP contribution in [-0.4, -0.2) is 38.7 Å². The maximum absolute atomic E-state index is 11.5. The van der Waals surface area contributed by atoms with E-state index < -0.39 is 0 Å². The first-order valence-electron chi connectivity index (χ1n) is 6.70. The van der Waals surface area contributed by atoms with Gasteiger partial charge < -0.3 is 4.90 Å². The van der Waals surface area contributed by atoms with E-state index in [9.17, 15) is 4.79 Å². The number of hydrogen-bond donors (Lipinski definition) is 0. The van der Waals surface area contributed by atoms with Crippen molar-refractivity contribution < 1.29 is 4.79 Å². The van der Waals surface area contributed by atoms with Crippen molar-refractivity contribution in [1.82, 2.24) is 19.7 Å². The van der Waals surface area contributed by atoms with Crippen LogP contribution in [0.1, 0.15) is 31.4 Å². The molecule has 19 heavy (non-hydrogen) atoms. The van der Waals surface area contributed by atoms with Crippen molar-refractivity contribution in [2.45, 2.75) is 25.7 Å². The van der Waals surface area contributed by atoms with Gasteiger partial charge in [-0.3, -0.25) is 9.48 Å². The monoisotopic (exact) mass is 258 g/mol. The molecule has 3 rings (SSSR count). The van der Waals surface area contributed by atoms with Gasteiger partial charge in [-0.1, -0.05) is 0 Å². The minimum Gasteiger partial charge on any atom is -0.342 e. The Hall–Kier alpha value is -1.91. The SMILES string of the molecule is CC(=O)N1CCCC(c2nn(C)c3ncccc23)C1. The molecule has 100 valence electrons. The summed E-state index contributed by atoms with van der Waals surface area (Å²) in [6, 6.07) is 4.01. The van der Waals surface area contributed by atoms with E-state index in [-0.39, 0.29) is 5.91 Å². The van der Waals surface area contributed by atoms with Crippen molar-refractivity contribution in [2.75, 3.05) is 13.1 Å². The van der Waals surface area contributed by atoms with Crippen LogP contribution < -0.4 is 0 Å². The first kappa shape index (κ1) is 12.1. The molecule has 0 spiro atoms. The van der Waals surface area contributed by atoms with E-state index >= 15 is 0 Å². The second-order valence-corrected chi connectivity index (χ2v) is 5.19. The molecule has 1 amide bonds. The molecule has 1 aliphatic rings. The molecule has 0 radical (unpaired) electrons. The van der Waals surface area contributed by atoms with Gasteiger partial charge in [-0.2, -0.15) is 5.10 Å². The Bertz CT molecular complexity index is 619. The third kappa shape index (κ3) is 2.09. The molecule has 3 heterocycles. The van der Waals surface area contributed by atoms with E-state index in [1.165, 1.54) is 0 Å². The van der Waals surface area contributed by atoms with Crippen LogP contribution in [0, 0.1) is 0 Å². The van der Waals surface area contributed by atoms with Crippen LogP contribution in [0.25, 0.3) is 11.0 Å². The molecule has 5 nitrogen and oxygen atoms in total. The highest BCUT2D eigenvalue weighted by molar-refractivity contribution is 5.79. The Morgan fingerprint density at radius 3 is 3.11 bits per heavy atom. The fraction of sp³-hybridized carbons (Fsp3) is 0.500. The number of nitrogens with zero attached hydrogens (tertiary/aromatic N) is 4. The number of hydrogen-bond acceptors (Lipinski definition) is 3. The van der Waals surface area contributed by atoms with E-state index in [0.29, 0.717) is 5.92 Å². The highest BCUT2D eigenvalue weighted by Gasteiger charge is 2.26. The molecule has 5 heteroatoms. The van der Waals surface area contributed by atoms with E-state index in [1.807, 2.05) is 22.7 Å². The van der Waals surface area contributed by atoms with Crippen molar-refractivity contribution >= 4 is 16.9 Å². The standard InChI is InChI=1S/C14H18N4O/c1-10(19)18-8-4-5-11(9-18)13-12-6-3-7-15-14(12)17(2)16-13/h3,6-7,11H,4-5,8-9H2,1-2H3. The van der Waals surface area contributed by atoms with Crippen LogP contribution in [0.4, 0.5) is 0 Å². The summed E-state index contributed by atoms with van der Waals surface area (Å²) in [5.74, 6) is 0.480. The zero-order valence-corrected chi connectivity index (χ0v) is 11.3. The van der Waals surface area contributed by atoms with Crippen LogP contribution in [0.5, 0.6) is 0 Å². The molecule has 1 saturated heterocycles. The van der Waals surface area contributed by atoms with Gasteiger partial charge in [0.05, 0.1) is 5.69 Å².